The van der Waals surface area contributed by atoms with Crippen LogP contribution in [0.4, 0.5) is 0 Å². The molecule has 0 aliphatic heterocycles. The zero-order valence-electron chi connectivity index (χ0n) is 14.7. The molecule has 0 aromatic carbocycles. The summed E-state index contributed by atoms with van der Waals surface area (Å²) in [7, 11) is -1.66. The second-order valence-electron chi connectivity index (χ2n) is 6.06. The van der Waals surface area contributed by atoms with Crippen LogP contribution in [0.3, 0.4) is 0 Å². The lowest BCUT2D eigenvalue weighted by Crippen LogP contribution is -2.54. The van der Waals surface area contributed by atoms with Crippen LogP contribution in [0, 0.1) is 5.92 Å². The van der Waals surface area contributed by atoms with Gasteiger partial charge in [-0.1, -0.05) is 13.8 Å². The number of amides is 2. The fourth-order valence-electron chi connectivity index (χ4n) is 2.20. The van der Waals surface area contributed by atoms with Gasteiger partial charge in [0.15, 0.2) is 0 Å². The highest BCUT2D eigenvalue weighted by Crippen LogP contribution is 2.08. The third-order valence-corrected chi connectivity index (χ3v) is 4.09. The van der Waals surface area contributed by atoms with Gasteiger partial charge in [0.1, 0.15) is 11.7 Å². The molecule has 10 heteroatoms. The molecule has 4 N–H and O–H groups in total. The highest BCUT2D eigenvalue weighted by atomic mass is 32.2. The normalized spacial score (nSPS) is 13.2. The Morgan fingerprint density at radius 2 is 2.00 bits per heavy atom. The molecule has 1 unspecified atom stereocenters. The monoisotopic (exact) mass is 368 g/mol. The lowest BCUT2D eigenvalue weighted by Gasteiger charge is -2.24. The van der Waals surface area contributed by atoms with Gasteiger partial charge in [0, 0.05) is 12.4 Å². The Kier molecular flexibility index (Phi) is 9.47. The van der Waals surface area contributed by atoms with Gasteiger partial charge < -0.3 is 20.7 Å². The topological polar surface area (TPSA) is 124 Å². The Bertz CT molecular complexity index is 548. The highest BCUT2D eigenvalue weighted by Gasteiger charge is 2.30. The van der Waals surface area contributed by atoms with Gasteiger partial charge in [0.2, 0.25) is 5.91 Å². The first-order valence-corrected chi connectivity index (χ1v) is 9.46. The van der Waals surface area contributed by atoms with Crippen molar-refractivity contribution < 1.29 is 19.6 Å². The third kappa shape index (κ3) is 7.85. The summed E-state index contributed by atoms with van der Waals surface area (Å²) in [5.41, 5.74) is 0.116. The van der Waals surface area contributed by atoms with Gasteiger partial charge in [0.05, 0.1) is 12.1 Å². The molecule has 138 valence electrons. The molecule has 2 atom stereocenters. The number of carbonyl (C=O) groups excluding carboxylic acids is 2. The second kappa shape index (κ2) is 11.1. The maximum atomic E-state index is 12.5. The molecule has 1 aromatic rings. The lowest BCUT2D eigenvalue weighted by molar-refractivity contribution is -0.123. The summed E-state index contributed by atoms with van der Waals surface area (Å²) in [5, 5.41) is 24.2. The van der Waals surface area contributed by atoms with Gasteiger partial charge in [-0.3, -0.25) is 14.6 Å². The van der Waals surface area contributed by atoms with Crippen LogP contribution in [0.2, 0.25) is 0 Å². The van der Waals surface area contributed by atoms with Gasteiger partial charge in [-0.25, -0.2) is 4.98 Å². The summed E-state index contributed by atoms with van der Waals surface area (Å²) in [4.78, 5) is 32.5. The molecule has 1 rings (SSSR count). The van der Waals surface area contributed by atoms with E-state index in [1.807, 2.05) is 20.1 Å². The molecule has 0 spiro atoms. The van der Waals surface area contributed by atoms with Crippen LogP contribution in [0.1, 0.15) is 37.2 Å². The van der Waals surface area contributed by atoms with Crippen molar-refractivity contribution in [3.05, 3.63) is 24.3 Å². The molecule has 0 aliphatic rings. The number of nitrogens with one attached hydrogen (secondary N) is 2. The van der Waals surface area contributed by atoms with E-state index in [0.717, 1.165) is 0 Å². The average Bonchev–Trinajstić information content (AvgIpc) is 2.57. The van der Waals surface area contributed by atoms with Crippen LogP contribution in [-0.4, -0.2) is 62.9 Å². The van der Waals surface area contributed by atoms with Crippen molar-refractivity contribution in [2.24, 2.45) is 5.92 Å². The molecule has 0 aliphatic carbocycles. The predicted molar refractivity (Wildman–Crippen MR) is 97.9 cm³/mol. The first kappa shape index (κ1) is 21.4. The molecule has 2 amide bonds. The second-order valence-corrected chi connectivity index (χ2v) is 7.04. The summed E-state index contributed by atoms with van der Waals surface area (Å²) >= 11 is 1.55. The van der Waals surface area contributed by atoms with E-state index in [1.54, 1.807) is 11.8 Å². The fraction of sp³-hybridized carbons (Fsp3) is 0.600. The number of carbonyl (C=O) groups is 2. The molecule has 1 aromatic heterocycles. The first-order chi connectivity index (χ1) is 11.8. The Morgan fingerprint density at radius 3 is 2.52 bits per heavy atom. The Balaban J connectivity index is 2.78. The van der Waals surface area contributed by atoms with Crippen molar-refractivity contribution in [1.29, 1.82) is 0 Å². The molecule has 0 fully saturated rings. The first-order valence-electron chi connectivity index (χ1n) is 8.07. The minimum Gasteiger partial charge on any atom is -0.426 e. The van der Waals surface area contributed by atoms with Crippen molar-refractivity contribution >= 4 is 30.7 Å². The predicted octanol–water partition coefficient (Wildman–Crippen LogP) is -0.129. The van der Waals surface area contributed by atoms with Crippen LogP contribution >= 0.6 is 11.8 Å². The molecule has 8 nitrogen and oxygen atoms in total. The van der Waals surface area contributed by atoms with E-state index in [1.165, 1.54) is 18.6 Å². The SMILES string of the molecule is CSCC[C@H](NC(=O)c1cnccn1)C(=O)NC(CC(C)C)B(O)O. The van der Waals surface area contributed by atoms with Crippen LogP contribution in [-0.2, 0) is 4.79 Å². The number of hydrogen-bond donors (Lipinski definition) is 4. The van der Waals surface area contributed by atoms with Crippen LogP contribution in [0.15, 0.2) is 18.6 Å². The molecule has 0 bridgehead atoms. The van der Waals surface area contributed by atoms with E-state index in [9.17, 15) is 19.6 Å². The average molecular weight is 368 g/mol. The van der Waals surface area contributed by atoms with Crippen molar-refractivity contribution in [2.45, 2.75) is 38.7 Å². The van der Waals surface area contributed by atoms with Crippen molar-refractivity contribution in [1.82, 2.24) is 20.6 Å². The van der Waals surface area contributed by atoms with Gasteiger partial charge in [0.25, 0.3) is 5.91 Å². The van der Waals surface area contributed by atoms with E-state index in [-0.39, 0.29) is 11.6 Å². The van der Waals surface area contributed by atoms with Crippen LogP contribution in [0.25, 0.3) is 0 Å². The zero-order valence-corrected chi connectivity index (χ0v) is 15.5. The smallest absolute Gasteiger partial charge is 0.426 e. The quantitative estimate of drug-likeness (QED) is 0.424. The highest BCUT2D eigenvalue weighted by molar-refractivity contribution is 7.98. The minimum atomic E-state index is -1.66. The number of nitrogens with zero attached hydrogens (tertiary/aromatic N) is 2. The fourth-order valence-corrected chi connectivity index (χ4v) is 2.67. The Hall–Kier alpha value is -1.65. The standard InChI is InChI=1S/C15H25BN4O4S/c1-10(2)8-13(16(23)24)20-14(21)11(4-7-25-3)19-15(22)12-9-17-5-6-18-12/h5-6,9-11,13,23-24H,4,7-8H2,1-3H3,(H,19,22)(H,20,21)/t11-,13?/m0/s1. The molecular weight excluding hydrogens is 343 g/mol. The van der Waals surface area contributed by atoms with E-state index < -0.39 is 30.9 Å². The summed E-state index contributed by atoms with van der Waals surface area (Å²) in [6.45, 7) is 3.84. The largest absolute Gasteiger partial charge is 0.475 e. The summed E-state index contributed by atoms with van der Waals surface area (Å²) in [6.07, 6.45) is 6.89. The van der Waals surface area contributed by atoms with E-state index in [0.29, 0.717) is 18.6 Å². The maximum absolute atomic E-state index is 12.5. The summed E-state index contributed by atoms with van der Waals surface area (Å²) in [6, 6.07) is -0.796. The third-order valence-electron chi connectivity index (χ3n) is 3.44. The summed E-state index contributed by atoms with van der Waals surface area (Å²) < 4.78 is 0. The number of aromatic nitrogens is 2. The van der Waals surface area contributed by atoms with Gasteiger partial charge >= 0.3 is 7.12 Å². The molecular formula is C15H25BN4O4S. The molecule has 1 heterocycles. The van der Waals surface area contributed by atoms with Crippen molar-refractivity contribution in [2.75, 3.05) is 12.0 Å². The van der Waals surface area contributed by atoms with Crippen molar-refractivity contribution in [3.63, 3.8) is 0 Å². The summed E-state index contributed by atoms with van der Waals surface area (Å²) in [5.74, 6) is -0.914. The maximum Gasteiger partial charge on any atom is 0.475 e. The lowest BCUT2D eigenvalue weighted by atomic mass is 9.75. The van der Waals surface area contributed by atoms with E-state index in [2.05, 4.69) is 20.6 Å². The van der Waals surface area contributed by atoms with E-state index in [4.69, 9.17) is 0 Å². The number of hydrogen-bond acceptors (Lipinski definition) is 7. The minimum absolute atomic E-state index is 0.116. The Morgan fingerprint density at radius 1 is 1.28 bits per heavy atom. The molecule has 0 saturated heterocycles. The Labute approximate surface area is 152 Å². The molecule has 0 saturated carbocycles. The van der Waals surface area contributed by atoms with Crippen LogP contribution < -0.4 is 10.6 Å². The molecule has 0 radical (unpaired) electrons. The van der Waals surface area contributed by atoms with Crippen LogP contribution in [0.5, 0.6) is 0 Å². The number of thioether (sulfide) groups is 1. The van der Waals surface area contributed by atoms with Gasteiger partial charge in [-0.15, -0.1) is 0 Å². The zero-order chi connectivity index (χ0) is 18.8. The van der Waals surface area contributed by atoms with Gasteiger partial charge in [-0.2, -0.15) is 11.8 Å². The van der Waals surface area contributed by atoms with E-state index >= 15 is 0 Å². The molecule has 25 heavy (non-hydrogen) atoms. The van der Waals surface area contributed by atoms with Gasteiger partial charge in [-0.05, 0) is 30.8 Å². The van der Waals surface area contributed by atoms with Crippen molar-refractivity contribution in [3.8, 4) is 0 Å². The number of rotatable bonds is 10.